The van der Waals surface area contributed by atoms with Crippen LogP contribution in [0, 0.1) is 5.92 Å². The summed E-state index contributed by atoms with van der Waals surface area (Å²) in [6, 6.07) is 4.00. The van der Waals surface area contributed by atoms with Gasteiger partial charge in [-0.3, -0.25) is 4.98 Å². The van der Waals surface area contributed by atoms with Gasteiger partial charge in [0.1, 0.15) is 0 Å². The number of nitrogens with zero attached hydrogens (tertiary/aromatic N) is 1. The van der Waals surface area contributed by atoms with Gasteiger partial charge in [0.15, 0.2) is 0 Å². The Bertz CT molecular complexity index is 254. The van der Waals surface area contributed by atoms with Crippen molar-refractivity contribution in [3.05, 3.63) is 36.2 Å². The van der Waals surface area contributed by atoms with Crippen LogP contribution in [0.2, 0.25) is 0 Å². The Labute approximate surface area is 79.7 Å². The molecule has 0 aliphatic carbocycles. The molecule has 1 N–H and O–H groups in total. The lowest BCUT2D eigenvalue weighted by atomic mass is 10.1. The number of nitrogens with one attached hydrogen (secondary N) is 1. The Kier molecular flexibility index (Phi) is 4.19. The molecule has 1 unspecified atom stereocenters. The van der Waals surface area contributed by atoms with Crippen molar-refractivity contribution in [2.45, 2.75) is 6.92 Å². The van der Waals surface area contributed by atoms with Crippen molar-refractivity contribution in [3.8, 4) is 0 Å². The van der Waals surface area contributed by atoms with Crippen LogP contribution in [0.3, 0.4) is 0 Å². The van der Waals surface area contributed by atoms with Crippen LogP contribution < -0.4 is 5.32 Å². The highest BCUT2D eigenvalue weighted by Crippen LogP contribution is 2.02. The van der Waals surface area contributed by atoms with Crippen molar-refractivity contribution in [2.24, 2.45) is 5.92 Å². The third kappa shape index (κ3) is 3.85. The number of hydrogen-bond acceptors (Lipinski definition) is 2. The minimum absolute atomic E-state index is 0.560. The van der Waals surface area contributed by atoms with E-state index < -0.39 is 0 Å². The lowest BCUT2D eigenvalue weighted by Crippen LogP contribution is -2.14. The normalized spacial score (nSPS) is 13.4. The molecule has 1 heterocycles. The van der Waals surface area contributed by atoms with Crippen molar-refractivity contribution < 1.29 is 0 Å². The second-order valence-corrected chi connectivity index (χ2v) is 3.18. The molecular weight excluding hydrogens is 160 g/mol. The van der Waals surface area contributed by atoms with Crippen LogP contribution in [0.4, 0.5) is 0 Å². The van der Waals surface area contributed by atoms with Crippen LogP contribution >= 0.6 is 0 Å². The highest BCUT2D eigenvalue weighted by molar-refractivity contribution is 5.47. The molecule has 0 fully saturated rings. The third-order valence-corrected chi connectivity index (χ3v) is 1.83. The van der Waals surface area contributed by atoms with E-state index in [-0.39, 0.29) is 0 Å². The minimum atomic E-state index is 0.560. The first kappa shape index (κ1) is 9.93. The van der Waals surface area contributed by atoms with Gasteiger partial charge in [-0.1, -0.05) is 25.1 Å². The lowest BCUT2D eigenvalue weighted by molar-refractivity contribution is 0.652. The van der Waals surface area contributed by atoms with Crippen molar-refractivity contribution in [1.29, 1.82) is 0 Å². The molecular formula is C11H16N2. The standard InChI is InChI=1S/C11H16N2/c1-10(8-12-2)5-6-11-4-3-7-13-9-11/h3-7,9-10,12H,8H2,1-2H3/b6-5-. The first-order valence-electron chi connectivity index (χ1n) is 4.55. The van der Waals surface area contributed by atoms with Gasteiger partial charge in [0.25, 0.3) is 0 Å². The van der Waals surface area contributed by atoms with Crippen LogP contribution in [0.25, 0.3) is 6.08 Å². The molecule has 0 aliphatic heterocycles. The average molecular weight is 176 g/mol. The van der Waals surface area contributed by atoms with E-state index in [1.165, 1.54) is 0 Å². The zero-order valence-corrected chi connectivity index (χ0v) is 8.20. The van der Waals surface area contributed by atoms with E-state index >= 15 is 0 Å². The molecule has 2 nitrogen and oxygen atoms in total. The Morgan fingerprint density at radius 1 is 1.62 bits per heavy atom. The van der Waals surface area contributed by atoms with Crippen molar-refractivity contribution in [3.63, 3.8) is 0 Å². The monoisotopic (exact) mass is 176 g/mol. The molecule has 1 aromatic heterocycles. The first-order chi connectivity index (χ1) is 6.33. The molecule has 0 aliphatic rings. The van der Waals surface area contributed by atoms with Crippen molar-refractivity contribution >= 4 is 6.08 Å². The molecule has 0 radical (unpaired) electrons. The lowest BCUT2D eigenvalue weighted by Gasteiger charge is -2.03. The number of hydrogen-bond donors (Lipinski definition) is 1. The summed E-state index contributed by atoms with van der Waals surface area (Å²) in [7, 11) is 1.97. The smallest absolute Gasteiger partial charge is 0.0340 e. The molecule has 0 spiro atoms. The summed E-state index contributed by atoms with van der Waals surface area (Å²) in [5.74, 6) is 0.560. The van der Waals surface area contributed by atoms with Crippen LogP contribution in [-0.4, -0.2) is 18.6 Å². The highest BCUT2D eigenvalue weighted by Gasteiger charge is 1.92. The maximum absolute atomic E-state index is 4.04. The predicted octanol–water partition coefficient (Wildman–Crippen LogP) is 1.95. The van der Waals surface area contributed by atoms with E-state index in [0.717, 1.165) is 12.1 Å². The second kappa shape index (κ2) is 5.49. The predicted molar refractivity (Wildman–Crippen MR) is 56.4 cm³/mol. The van der Waals surface area contributed by atoms with Gasteiger partial charge in [-0.15, -0.1) is 0 Å². The summed E-state index contributed by atoms with van der Waals surface area (Å²) < 4.78 is 0. The van der Waals surface area contributed by atoms with Crippen LogP contribution in [-0.2, 0) is 0 Å². The minimum Gasteiger partial charge on any atom is -0.319 e. The van der Waals surface area contributed by atoms with E-state index in [1.807, 2.05) is 19.3 Å². The molecule has 1 rings (SSSR count). The van der Waals surface area contributed by atoms with E-state index in [2.05, 4.69) is 35.4 Å². The number of rotatable bonds is 4. The molecule has 13 heavy (non-hydrogen) atoms. The van der Waals surface area contributed by atoms with E-state index in [4.69, 9.17) is 0 Å². The molecule has 1 atom stereocenters. The summed E-state index contributed by atoms with van der Waals surface area (Å²) in [5, 5.41) is 3.14. The van der Waals surface area contributed by atoms with Gasteiger partial charge in [0.05, 0.1) is 0 Å². The van der Waals surface area contributed by atoms with Gasteiger partial charge in [0, 0.05) is 18.9 Å². The Morgan fingerprint density at radius 2 is 2.46 bits per heavy atom. The Balaban J connectivity index is 2.49. The molecule has 0 aromatic carbocycles. The summed E-state index contributed by atoms with van der Waals surface area (Å²) in [4.78, 5) is 4.04. The molecule has 0 saturated carbocycles. The zero-order chi connectivity index (χ0) is 9.52. The van der Waals surface area contributed by atoms with Gasteiger partial charge in [0.2, 0.25) is 0 Å². The maximum atomic E-state index is 4.04. The maximum Gasteiger partial charge on any atom is 0.0340 e. The Hall–Kier alpha value is -1.15. The van der Waals surface area contributed by atoms with Gasteiger partial charge < -0.3 is 5.32 Å². The van der Waals surface area contributed by atoms with E-state index in [0.29, 0.717) is 5.92 Å². The van der Waals surface area contributed by atoms with Gasteiger partial charge in [-0.05, 0) is 24.6 Å². The largest absolute Gasteiger partial charge is 0.319 e. The van der Waals surface area contributed by atoms with Gasteiger partial charge in [-0.25, -0.2) is 0 Å². The van der Waals surface area contributed by atoms with E-state index in [9.17, 15) is 0 Å². The molecule has 1 aromatic rings. The summed E-state index contributed by atoms with van der Waals surface area (Å²) in [6.07, 6.45) is 7.94. The summed E-state index contributed by atoms with van der Waals surface area (Å²) in [5.41, 5.74) is 1.16. The fourth-order valence-corrected chi connectivity index (χ4v) is 1.14. The topological polar surface area (TPSA) is 24.9 Å². The highest BCUT2D eigenvalue weighted by atomic mass is 14.8. The van der Waals surface area contributed by atoms with Crippen LogP contribution in [0.1, 0.15) is 12.5 Å². The van der Waals surface area contributed by atoms with Crippen LogP contribution in [0.5, 0.6) is 0 Å². The van der Waals surface area contributed by atoms with Crippen molar-refractivity contribution in [1.82, 2.24) is 10.3 Å². The fourth-order valence-electron chi connectivity index (χ4n) is 1.14. The quantitative estimate of drug-likeness (QED) is 0.758. The zero-order valence-electron chi connectivity index (χ0n) is 8.20. The summed E-state index contributed by atoms with van der Waals surface area (Å²) in [6.45, 7) is 3.19. The second-order valence-electron chi connectivity index (χ2n) is 3.18. The van der Waals surface area contributed by atoms with E-state index in [1.54, 1.807) is 6.20 Å². The molecule has 0 amide bonds. The fraction of sp³-hybridized carbons (Fsp3) is 0.364. The number of aromatic nitrogens is 1. The molecule has 2 heteroatoms. The Morgan fingerprint density at radius 3 is 3.08 bits per heavy atom. The average Bonchev–Trinajstić information content (AvgIpc) is 2.17. The third-order valence-electron chi connectivity index (χ3n) is 1.83. The molecule has 0 bridgehead atoms. The van der Waals surface area contributed by atoms with Gasteiger partial charge >= 0.3 is 0 Å². The number of pyridine rings is 1. The van der Waals surface area contributed by atoms with Crippen LogP contribution in [0.15, 0.2) is 30.6 Å². The van der Waals surface area contributed by atoms with Gasteiger partial charge in [-0.2, -0.15) is 0 Å². The van der Waals surface area contributed by atoms with Crippen molar-refractivity contribution in [2.75, 3.05) is 13.6 Å². The first-order valence-corrected chi connectivity index (χ1v) is 4.55. The summed E-state index contributed by atoms with van der Waals surface area (Å²) >= 11 is 0. The molecule has 70 valence electrons. The molecule has 0 saturated heterocycles. The SMILES string of the molecule is CNCC(C)/C=C\c1cccnc1.